The molecule has 0 bridgehead atoms. The van der Waals surface area contributed by atoms with Gasteiger partial charge >= 0.3 is 5.97 Å². The summed E-state index contributed by atoms with van der Waals surface area (Å²) in [6.07, 6.45) is 0.752. The number of carbonyl (C=O) groups excluding carboxylic acids is 1. The molecule has 0 aliphatic carbocycles. The second-order valence-electron chi connectivity index (χ2n) is 3.45. The van der Waals surface area contributed by atoms with Gasteiger partial charge in [-0.05, 0) is 26.9 Å². The maximum Gasteiger partial charge on any atom is 0.308 e. The van der Waals surface area contributed by atoms with Gasteiger partial charge < -0.3 is 9.84 Å². The van der Waals surface area contributed by atoms with Crippen LogP contribution in [0.5, 0.6) is 0 Å². The molecule has 0 aromatic carbocycles. The molecule has 0 amide bonds. The van der Waals surface area contributed by atoms with E-state index in [4.69, 9.17) is 0 Å². The Morgan fingerprint density at radius 2 is 2.00 bits per heavy atom. The number of hydrogen-bond donors (Lipinski definition) is 1. The average molecular weight is 189 g/mol. The van der Waals surface area contributed by atoms with Gasteiger partial charge in [0.25, 0.3) is 0 Å². The molecule has 0 rings (SSSR count). The van der Waals surface area contributed by atoms with Crippen LogP contribution in [-0.2, 0) is 9.53 Å². The molecule has 0 aliphatic rings. The van der Waals surface area contributed by atoms with Crippen LogP contribution in [0.15, 0.2) is 0 Å². The van der Waals surface area contributed by atoms with E-state index in [0.717, 1.165) is 0 Å². The lowest BCUT2D eigenvalue weighted by atomic mass is 10.1. The molecule has 0 aromatic rings. The van der Waals surface area contributed by atoms with Crippen molar-refractivity contribution >= 4 is 5.97 Å². The minimum atomic E-state index is -0.480. The first-order chi connectivity index (χ1) is 5.99. The summed E-state index contributed by atoms with van der Waals surface area (Å²) in [5, 5.41) is 9.40. The summed E-state index contributed by atoms with van der Waals surface area (Å²) in [6.45, 7) is 1.80. The molecule has 78 valence electrons. The number of carbonyl (C=O) groups is 1. The Bertz CT molecular complexity index is 159. The first-order valence-corrected chi connectivity index (χ1v) is 4.41. The molecule has 4 nitrogen and oxygen atoms in total. The molecule has 2 atom stereocenters. The van der Waals surface area contributed by atoms with E-state index in [1.807, 2.05) is 0 Å². The molecule has 13 heavy (non-hydrogen) atoms. The molecule has 0 fully saturated rings. The molecular formula is C9H19NO3. The van der Waals surface area contributed by atoms with Gasteiger partial charge in [0.2, 0.25) is 0 Å². The van der Waals surface area contributed by atoms with Crippen molar-refractivity contribution in [3.63, 3.8) is 0 Å². The van der Waals surface area contributed by atoms with Gasteiger partial charge in [0.15, 0.2) is 0 Å². The smallest absolute Gasteiger partial charge is 0.308 e. The highest BCUT2D eigenvalue weighted by atomic mass is 16.5. The van der Waals surface area contributed by atoms with Crippen molar-refractivity contribution in [3.8, 4) is 0 Å². The van der Waals surface area contributed by atoms with Crippen LogP contribution in [0.2, 0.25) is 0 Å². The third kappa shape index (κ3) is 4.85. The van der Waals surface area contributed by atoms with Gasteiger partial charge in [-0.3, -0.25) is 9.69 Å². The Labute approximate surface area is 79.5 Å². The lowest BCUT2D eigenvalue weighted by Crippen LogP contribution is -2.28. The van der Waals surface area contributed by atoms with E-state index in [-0.39, 0.29) is 11.9 Å². The van der Waals surface area contributed by atoms with E-state index < -0.39 is 6.23 Å². The number of aliphatic hydroxyl groups excluding tert-OH is 1. The zero-order valence-corrected chi connectivity index (χ0v) is 8.78. The Morgan fingerprint density at radius 1 is 1.46 bits per heavy atom. The average Bonchev–Trinajstić information content (AvgIpc) is 2.11. The quantitative estimate of drug-likeness (QED) is 0.504. The number of rotatable bonds is 5. The molecule has 4 heteroatoms. The van der Waals surface area contributed by atoms with Crippen LogP contribution >= 0.6 is 0 Å². The predicted octanol–water partition coefficient (Wildman–Crippen LogP) is 0.456. The molecule has 0 radical (unpaired) electrons. The zero-order chi connectivity index (χ0) is 10.4. The summed E-state index contributed by atoms with van der Waals surface area (Å²) < 4.78 is 4.57. The highest BCUT2D eigenvalue weighted by Gasteiger charge is 2.15. The Balaban J connectivity index is 3.69. The number of nitrogens with zero attached hydrogens (tertiary/aromatic N) is 1. The van der Waals surface area contributed by atoms with Crippen molar-refractivity contribution in [3.05, 3.63) is 0 Å². The van der Waals surface area contributed by atoms with Crippen molar-refractivity contribution in [2.45, 2.75) is 26.0 Å². The number of aliphatic hydroxyl groups is 1. The van der Waals surface area contributed by atoms with Gasteiger partial charge in [-0.15, -0.1) is 0 Å². The van der Waals surface area contributed by atoms with Crippen molar-refractivity contribution in [1.29, 1.82) is 0 Å². The molecular weight excluding hydrogens is 170 g/mol. The van der Waals surface area contributed by atoms with Gasteiger partial charge in [0, 0.05) is 0 Å². The van der Waals surface area contributed by atoms with E-state index in [9.17, 15) is 9.90 Å². The standard InChI is InChI=1S/C9H19NO3/c1-7(9(12)13-4)5-6-8(11)10(2)3/h7-8,11H,5-6H2,1-4H3. The summed E-state index contributed by atoms with van der Waals surface area (Å²) in [5.41, 5.74) is 0. The predicted molar refractivity (Wildman–Crippen MR) is 50.1 cm³/mol. The van der Waals surface area contributed by atoms with E-state index in [1.54, 1.807) is 25.9 Å². The second-order valence-corrected chi connectivity index (χ2v) is 3.45. The van der Waals surface area contributed by atoms with E-state index >= 15 is 0 Å². The minimum absolute atomic E-state index is 0.139. The third-order valence-corrected chi connectivity index (χ3v) is 2.06. The van der Waals surface area contributed by atoms with Crippen LogP contribution in [0.3, 0.4) is 0 Å². The fraction of sp³-hybridized carbons (Fsp3) is 0.889. The van der Waals surface area contributed by atoms with E-state index in [0.29, 0.717) is 12.8 Å². The molecule has 0 saturated carbocycles. The summed E-state index contributed by atoms with van der Waals surface area (Å²) in [6, 6.07) is 0. The number of hydrogen-bond acceptors (Lipinski definition) is 4. The highest BCUT2D eigenvalue weighted by molar-refractivity contribution is 5.71. The fourth-order valence-corrected chi connectivity index (χ4v) is 0.976. The molecule has 0 aliphatic heterocycles. The van der Waals surface area contributed by atoms with Gasteiger partial charge in [-0.25, -0.2) is 0 Å². The second kappa shape index (κ2) is 5.94. The van der Waals surface area contributed by atoms with Crippen molar-refractivity contribution in [2.75, 3.05) is 21.2 Å². The maximum absolute atomic E-state index is 11.0. The summed E-state index contributed by atoms with van der Waals surface area (Å²) in [7, 11) is 4.97. The topological polar surface area (TPSA) is 49.8 Å². The van der Waals surface area contributed by atoms with Crippen LogP contribution in [-0.4, -0.2) is 43.4 Å². The highest BCUT2D eigenvalue weighted by Crippen LogP contribution is 2.10. The molecule has 0 aromatic heterocycles. The van der Waals surface area contributed by atoms with Gasteiger partial charge in [0.1, 0.15) is 6.23 Å². The fourth-order valence-electron chi connectivity index (χ4n) is 0.976. The third-order valence-electron chi connectivity index (χ3n) is 2.06. The molecule has 2 unspecified atom stereocenters. The van der Waals surface area contributed by atoms with Crippen LogP contribution in [0.1, 0.15) is 19.8 Å². The molecule has 0 saturated heterocycles. The van der Waals surface area contributed by atoms with Crippen molar-refractivity contribution in [2.24, 2.45) is 5.92 Å². The van der Waals surface area contributed by atoms with Crippen LogP contribution < -0.4 is 0 Å². The Hall–Kier alpha value is -0.610. The monoisotopic (exact) mass is 189 g/mol. The molecule has 0 heterocycles. The Kier molecular flexibility index (Phi) is 5.66. The van der Waals surface area contributed by atoms with Crippen molar-refractivity contribution < 1.29 is 14.6 Å². The van der Waals surface area contributed by atoms with Crippen LogP contribution in [0.25, 0.3) is 0 Å². The van der Waals surface area contributed by atoms with E-state index in [1.165, 1.54) is 7.11 Å². The number of methoxy groups -OCH3 is 1. The van der Waals surface area contributed by atoms with Crippen LogP contribution in [0, 0.1) is 5.92 Å². The first kappa shape index (κ1) is 12.4. The van der Waals surface area contributed by atoms with E-state index in [2.05, 4.69) is 4.74 Å². The minimum Gasteiger partial charge on any atom is -0.469 e. The van der Waals surface area contributed by atoms with Crippen molar-refractivity contribution in [1.82, 2.24) is 4.90 Å². The summed E-state index contributed by atoms with van der Waals surface area (Å²) in [4.78, 5) is 12.7. The SMILES string of the molecule is COC(=O)C(C)CCC(O)N(C)C. The molecule has 0 spiro atoms. The molecule has 1 N–H and O–H groups in total. The zero-order valence-electron chi connectivity index (χ0n) is 8.78. The number of ether oxygens (including phenoxy) is 1. The lowest BCUT2D eigenvalue weighted by Gasteiger charge is -2.19. The van der Waals surface area contributed by atoms with Gasteiger partial charge in [-0.2, -0.15) is 0 Å². The lowest BCUT2D eigenvalue weighted by molar-refractivity contribution is -0.145. The summed E-state index contributed by atoms with van der Waals surface area (Å²) in [5.74, 6) is -0.356. The number of esters is 1. The normalized spacial score (nSPS) is 15.5. The first-order valence-electron chi connectivity index (χ1n) is 4.41. The van der Waals surface area contributed by atoms with Gasteiger partial charge in [-0.1, -0.05) is 6.92 Å². The summed E-state index contributed by atoms with van der Waals surface area (Å²) >= 11 is 0. The largest absolute Gasteiger partial charge is 0.469 e. The maximum atomic E-state index is 11.0. The van der Waals surface area contributed by atoms with Crippen LogP contribution in [0.4, 0.5) is 0 Å². The van der Waals surface area contributed by atoms with Gasteiger partial charge in [0.05, 0.1) is 13.0 Å². The Morgan fingerprint density at radius 3 is 2.38 bits per heavy atom.